The summed E-state index contributed by atoms with van der Waals surface area (Å²) in [6.07, 6.45) is 7.31. The molecule has 34 heavy (non-hydrogen) atoms. The fraction of sp³-hybridized carbons (Fsp3) is 0.280. The van der Waals surface area contributed by atoms with E-state index in [0.29, 0.717) is 35.7 Å². The monoisotopic (exact) mass is 544 g/mol. The molecule has 4 rings (SSSR count). The third-order valence-corrected chi connectivity index (χ3v) is 8.58. The van der Waals surface area contributed by atoms with Gasteiger partial charge < -0.3 is 9.47 Å². The van der Waals surface area contributed by atoms with Gasteiger partial charge in [0.05, 0.1) is 18.7 Å². The van der Waals surface area contributed by atoms with Crippen molar-refractivity contribution < 1.29 is 22.7 Å². The van der Waals surface area contributed by atoms with Crippen LogP contribution in [-0.4, -0.2) is 34.7 Å². The first-order valence-electron chi connectivity index (χ1n) is 10.9. The van der Waals surface area contributed by atoms with Gasteiger partial charge in [-0.2, -0.15) is 0 Å². The molecule has 178 valence electrons. The van der Waals surface area contributed by atoms with Crippen molar-refractivity contribution in [1.82, 2.24) is 8.96 Å². The average molecular weight is 545 g/mol. The van der Waals surface area contributed by atoms with E-state index < -0.39 is 14.8 Å². The van der Waals surface area contributed by atoms with Crippen molar-refractivity contribution in [1.29, 1.82) is 0 Å². The lowest BCUT2D eigenvalue weighted by molar-refractivity contribution is -0.142. The van der Waals surface area contributed by atoms with Crippen molar-refractivity contribution in [2.24, 2.45) is 0 Å². The highest BCUT2D eigenvalue weighted by Crippen LogP contribution is 2.33. The Morgan fingerprint density at radius 1 is 1.21 bits per heavy atom. The van der Waals surface area contributed by atoms with E-state index in [1.807, 2.05) is 30.3 Å². The molecule has 0 fully saturated rings. The molecule has 9 heteroatoms. The Kier molecular flexibility index (Phi) is 6.95. The van der Waals surface area contributed by atoms with Gasteiger partial charge in [-0.05, 0) is 44.5 Å². The minimum Gasteiger partial charge on any atom is -0.487 e. The van der Waals surface area contributed by atoms with E-state index in [2.05, 4.69) is 20.9 Å². The number of hydrogen-bond acceptors (Lipinski definition) is 6. The molecule has 0 radical (unpaired) electrons. The molecule has 2 aromatic heterocycles. The first-order valence-corrected chi connectivity index (χ1v) is 13.1. The van der Waals surface area contributed by atoms with Crippen molar-refractivity contribution in [3.63, 3.8) is 0 Å². The van der Waals surface area contributed by atoms with Crippen LogP contribution in [0.25, 0.3) is 11.0 Å². The molecular weight excluding hydrogens is 520 g/mol. The number of ether oxygens (including phenoxy) is 2. The van der Waals surface area contributed by atoms with Crippen molar-refractivity contribution in [2.45, 2.75) is 38.0 Å². The summed E-state index contributed by atoms with van der Waals surface area (Å²) in [6, 6.07) is 12.6. The van der Waals surface area contributed by atoms with E-state index in [4.69, 9.17) is 9.47 Å². The highest BCUT2D eigenvalue weighted by Gasteiger charge is 2.39. The maximum absolute atomic E-state index is 13.5. The quantitative estimate of drug-likeness (QED) is 0.375. The zero-order chi connectivity index (χ0) is 24.3. The number of pyridine rings is 1. The van der Waals surface area contributed by atoms with Gasteiger partial charge in [-0.15, -0.1) is 0 Å². The van der Waals surface area contributed by atoms with Gasteiger partial charge >= 0.3 is 5.97 Å². The Labute approximate surface area is 207 Å². The van der Waals surface area contributed by atoms with Gasteiger partial charge in [-0.3, -0.25) is 4.79 Å². The number of para-hydroxylation sites is 1. The second kappa shape index (κ2) is 9.76. The van der Waals surface area contributed by atoms with Gasteiger partial charge in [0, 0.05) is 21.6 Å². The second-order valence-electron chi connectivity index (χ2n) is 8.15. The van der Waals surface area contributed by atoms with Crippen LogP contribution < -0.4 is 4.74 Å². The van der Waals surface area contributed by atoms with Crippen LogP contribution in [0.5, 0.6) is 5.75 Å². The molecule has 1 aliphatic rings. The number of rotatable bonds is 8. The number of esters is 1. The first-order chi connectivity index (χ1) is 16.2. The van der Waals surface area contributed by atoms with Gasteiger partial charge in [0.15, 0.2) is 5.65 Å². The molecule has 0 bridgehead atoms. The van der Waals surface area contributed by atoms with Crippen LogP contribution in [-0.2, 0) is 32.6 Å². The average Bonchev–Trinajstić information content (AvgIpc) is 3.24. The number of carbonyl (C=O) groups excluding carboxylic acids is 1. The highest BCUT2D eigenvalue weighted by atomic mass is 79.9. The van der Waals surface area contributed by atoms with Crippen molar-refractivity contribution in [3.05, 3.63) is 82.6 Å². The van der Waals surface area contributed by atoms with E-state index in [9.17, 15) is 13.2 Å². The molecule has 1 atom stereocenters. The van der Waals surface area contributed by atoms with Crippen LogP contribution >= 0.6 is 15.9 Å². The van der Waals surface area contributed by atoms with Crippen LogP contribution in [0.15, 0.2) is 71.4 Å². The van der Waals surface area contributed by atoms with Gasteiger partial charge in [0.1, 0.15) is 17.1 Å². The molecular formula is C25H25BrN2O5S. The Bertz CT molecular complexity index is 1390. The van der Waals surface area contributed by atoms with Crippen LogP contribution in [0, 0.1) is 0 Å². The summed E-state index contributed by atoms with van der Waals surface area (Å²) in [5.74, 6) is 0.228. The molecule has 0 spiro atoms. The molecule has 3 aromatic rings. The summed E-state index contributed by atoms with van der Waals surface area (Å²) in [7, 11) is -3.77. The predicted octanol–water partition coefficient (Wildman–Crippen LogP) is 4.90. The number of hydrogen-bond donors (Lipinski definition) is 0. The third-order valence-electron chi connectivity index (χ3n) is 5.70. The highest BCUT2D eigenvalue weighted by molar-refractivity contribution is 9.11. The summed E-state index contributed by atoms with van der Waals surface area (Å²) < 4.78 is 39.1. The molecule has 0 saturated heterocycles. The van der Waals surface area contributed by atoms with Crippen molar-refractivity contribution >= 4 is 43.0 Å². The maximum Gasteiger partial charge on any atom is 0.310 e. The van der Waals surface area contributed by atoms with Gasteiger partial charge in [0.2, 0.25) is 10.0 Å². The maximum atomic E-state index is 13.5. The predicted molar refractivity (Wildman–Crippen MR) is 134 cm³/mol. The zero-order valence-corrected chi connectivity index (χ0v) is 21.3. The van der Waals surface area contributed by atoms with E-state index in [0.717, 1.165) is 9.87 Å². The summed E-state index contributed by atoms with van der Waals surface area (Å²) in [6.45, 7) is 3.90. The van der Waals surface area contributed by atoms with Gasteiger partial charge in [-0.1, -0.05) is 52.4 Å². The molecule has 1 aliphatic carbocycles. The van der Waals surface area contributed by atoms with Crippen LogP contribution in [0.1, 0.15) is 31.5 Å². The minimum absolute atomic E-state index is 0.105. The lowest BCUT2D eigenvalue weighted by atomic mass is 10.0. The fourth-order valence-electron chi connectivity index (χ4n) is 3.72. The first kappa shape index (κ1) is 24.2. The number of fused-ring (bicyclic) bond motifs is 1. The van der Waals surface area contributed by atoms with Gasteiger partial charge in [0.25, 0.3) is 0 Å². The summed E-state index contributed by atoms with van der Waals surface area (Å²) in [4.78, 5) is 16.5. The summed E-state index contributed by atoms with van der Waals surface area (Å²) in [5.41, 5.74) is 1.63. The Morgan fingerprint density at radius 2 is 2.00 bits per heavy atom. The van der Waals surface area contributed by atoms with Crippen LogP contribution in [0.4, 0.5) is 0 Å². The van der Waals surface area contributed by atoms with Crippen molar-refractivity contribution in [2.75, 3.05) is 6.61 Å². The van der Waals surface area contributed by atoms with Crippen LogP contribution in [0.2, 0.25) is 0 Å². The van der Waals surface area contributed by atoms with Gasteiger partial charge in [-0.25, -0.2) is 17.4 Å². The fourth-order valence-corrected chi connectivity index (χ4v) is 5.59. The number of allylic oxidation sites excluding steroid dienone is 3. The molecule has 2 heterocycles. The largest absolute Gasteiger partial charge is 0.487 e. The van der Waals surface area contributed by atoms with Crippen molar-refractivity contribution in [3.8, 4) is 5.75 Å². The number of aromatic nitrogens is 2. The molecule has 1 aromatic carbocycles. The molecule has 0 aliphatic heterocycles. The second-order valence-corrected chi connectivity index (χ2v) is 11.3. The van der Waals surface area contributed by atoms with E-state index in [1.165, 1.54) is 3.97 Å². The van der Waals surface area contributed by atoms with E-state index in [1.54, 1.807) is 50.4 Å². The number of carbonyl (C=O) groups is 1. The Hall–Kier alpha value is -2.91. The minimum atomic E-state index is -3.77. The molecule has 0 N–H and O–H groups in total. The summed E-state index contributed by atoms with van der Waals surface area (Å²) >= 11 is 3.39. The molecule has 0 amide bonds. The molecule has 1 unspecified atom stereocenters. The number of halogens is 1. The third kappa shape index (κ3) is 4.81. The lowest BCUT2D eigenvalue weighted by Gasteiger charge is -2.27. The zero-order valence-electron chi connectivity index (χ0n) is 18.9. The van der Waals surface area contributed by atoms with E-state index >= 15 is 0 Å². The Morgan fingerprint density at radius 3 is 2.74 bits per heavy atom. The SMILES string of the molecule is CCOC(=O)Cc1ccccc1OCc1ccc2ccn(S(=O)(=O)C3(C)C=CC(Br)=CC3)c2n1. The normalized spacial score (nSPS) is 18.0. The van der Waals surface area contributed by atoms with Crippen LogP contribution in [0.3, 0.4) is 0 Å². The molecule has 0 saturated carbocycles. The standard InChI is InChI=1S/C25H25BrN2O5S/c1-3-32-23(29)16-19-6-4-5-7-22(19)33-17-21-9-8-18-12-15-28(24(18)27-21)34(30,31)25(2)13-10-20(26)11-14-25/h4-13,15H,3,14,16-17H2,1-2H3. The lowest BCUT2D eigenvalue weighted by Crippen LogP contribution is -2.38. The molecule has 7 nitrogen and oxygen atoms in total. The summed E-state index contributed by atoms with van der Waals surface area (Å²) in [5, 5.41) is 0.718. The number of nitrogens with zero attached hydrogens (tertiary/aromatic N) is 2. The smallest absolute Gasteiger partial charge is 0.310 e. The topological polar surface area (TPSA) is 87.5 Å². The van der Waals surface area contributed by atoms with E-state index in [-0.39, 0.29) is 19.0 Å². The number of benzene rings is 1. The Balaban J connectivity index is 1.59.